The first-order chi connectivity index (χ1) is 28.8. The van der Waals surface area contributed by atoms with Crippen LogP contribution >= 0.6 is 0 Å². The third-order valence-electron chi connectivity index (χ3n) is 11.0. The summed E-state index contributed by atoms with van der Waals surface area (Å²) in [5, 5.41) is 10.2. The number of benzene rings is 6. The van der Waals surface area contributed by atoms with Crippen molar-refractivity contribution < 1.29 is 4.42 Å². The molecule has 0 radical (unpaired) electrons. The number of fused-ring (bicyclic) bond motifs is 5. The highest BCUT2D eigenvalue weighted by atomic mass is 16.3. The highest BCUT2D eigenvalue weighted by Gasteiger charge is 2.25. The molecule has 0 amide bonds. The van der Waals surface area contributed by atoms with Crippen LogP contribution in [0.1, 0.15) is 28.4 Å². The molecule has 1 unspecified atom stereocenters. The Labute approximate surface area is 335 Å². The number of aromatic nitrogens is 2. The number of nitrogens with zero attached hydrogens (tertiary/aromatic N) is 4. The third kappa shape index (κ3) is 5.80. The molecule has 0 fully saturated rings. The van der Waals surface area contributed by atoms with E-state index in [0.29, 0.717) is 5.84 Å². The molecule has 1 atom stereocenters. The molecule has 7 heteroatoms. The Morgan fingerprint density at radius 3 is 2.17 bits per heavy atom. The largest absolute Gasteiger partial charge is 0.455 e. The average molecular weight is 749 g/mol. The summed E-state index contributed by atoms with van der Waals surface area (Å²) in [5.41, 5.74) is 12.6. The minimum absolute atomic E-state index is 0.344. The lowest BCUT2D eigenvalue weighted by molar-refractivity contribution is 0.636. The van der Waals surface area contributed by atoms with E-state index in [1.165, 1.54) is 11.1 Å². The van der Waals surface area contributed by atoms with Crippen molar-refractivity contribution >= 4 is 50.0 Å². The van der Waals surface area contributed by atoms with Gasteiger partial charge in [-0.25, -0.2) is 9.98 Å². The number of aliphatic imine (C=N–C) groups is 2. The fourth-order valence-electron chi connectivity index (χ4n) is 8.28. The van der Waals surface area contributed by atoms with Gasteiger partial charge < -0.3 is 19.6 Å². The molecule has 3 aromatic heterocycles. The van der Waals surface area contributed by atoms with Crippen LogP contribution in [0.25, 0.3) is 66.5 Å². The van der Waals surface area contributed by atoms with Gasteiger partial charge in [0.15, 0.2) is 5.84 Å². The fourth-order valence-corrected chi connectivity index (χ4v) is 8.28. The Morgan fingerprint density at radius 2 is 1.38 bits per heavy atom. The Balaban J connectivity index is 1.04. The summed E-state index contributed by atoms with van der Waals surface area (Å²) < 4.78 is 9.34. The molecule has 2 aliphatic heterocycles. The number of dihydropyridines is 1. The summed E-state index contributed by atoms with van der Waals surface area (Å²) in [4.78, 5) is 14.5. The van der Waals surface area contributed by atoms with E-state index in [0.717, 1.165) is 90.0 Å². The van der Waals surface area contributed by atoms with Crippen LogP contribution in [0.4, 0.5) is 0 Å². The number of amidine groups is 2. The second-order valence-corrected chi connectivity index (χ2v) is 14.5. The van der Waals surface area contributed by atoms with Gasteiger partial charge in [-0.1, -0.05) is 121 Å². The second-order valence-electron chi connectivity index (χ2n) is 14.5. The minimum atomic E-state index is -0.344. The van der Waals surface area contributed by atoms with Crippen LogP contribution in [0, 0.1) is 0 Å². The zero-order valence-electron chi connectivity index (χ0n) is 31.4. The van der Waals surface area contributed by atoms with Crippen molar-refractivity contribution in [3.05, 3.63) is 211 Å². The van der Waals surface area contributed by atoms with Gasteiger partial charge in [0.1, 0.15) is 23.3 Å². The monoisotopic (exact) mass is 748 g/mol. The SMILES string of the molecule is C1=CC(c2ccc(C3N=C(c4ccncc4)N=C(c4cccc(-n5c6ccccc6c6c7oc(-c8ccccc8)c(-c8ccccc8)c7ccc65)c4)N3)cc2)=CCN1. The lowest BCUT2D eigenvalue weighted by Gasteiger charge is -2.24. The highest BCUT2D eigenvalue weighted by Crippen LogP contribution is 2.46. The summed E-state index contributed by atoms with van der Waals surface area (Å²) in [5.74, 6) is 2.27. The number of hydrogen-bond acceptors (Lipinski definition) is 6. The molecule has 6 aromatic carbocycles. The quantitative estimate of drug-likeness (QED) is 0.170. The van der Waals surface area contributed by atoms with Crippen LogP contribution in [0.3, 0.4) is 0 Å². The van der Waals surface area contributed by atoms with E-state index in [1.54, 1.807) is 12.4 Å². The summed E-state index contributed by atoms with van der Waals surface area (Å²) >= 11 is 0. The highest BCUT2D eigenvalue weighted by molar-refractivity contribution is 6.23. The molecule has 2 N–H and O–H groups in total. The van der Waals surface area contributed by atoms with Crippen molar-refractivity contribution in [2.24, 2.45) is 9.98 Å². The summed E-state index contributed by atoms with van der Waals surface area (Å²) in [6, 6.07) is 55.1. The number of para-hydroxylation sites is 1. The number of furan rings is 1. The molecule has 0 spiro atoms. The van der Waals surface area contributed by atoms with Crippen molar-refractivity contribution in [1.29, 1.82) is 0 Å². The number of rotatable bonds is 7. The van der Waals surface area contributed by atoms with Crippen LogP contribution in [0.15, 0.2) is 203 Å². The maximum Gasteiger partial charge on any atom is 0.159 e. The molecular weight excluding hydrogens is 713 g/mol. The molecule has 2 aliphatic rings. The summed E-state index contributed by atoms with van der Waals surface area (Å²) in [6.45, 7) is 0.822. The molecule has 11 rings (SSSR count). The normalized spacial score (nSPS) is 15.2. The standard InChI is InChI=1S/C51H36N6O/c1-3-10-35(11-4-1)45-42-22-23-44-46(48(42)58-47(45)36-12-5-2-6-13-36)41-16-7-8-17-43(41)57(44)40-15-9-14-39(32-40)51-55-49(54-50(56-51)38-26-30-53-31-27-38)37-20-18-33(19-21-37)34-24-28-52-29-25-34/h1-28,30-32,49,52H,29H2,(H,54,55,56). The van der Waals surface area contributed by atoms with E-state index in [-0.39, 0.29) is 6.17 Å². The van der Waals surface area contributed by atoms with Gasteiger partial charge in [-0.15, -0.1) is 0 Å². The van der Waals surface area contributed by atoms with Crippen LogP contribution in [0.5, 0.6) is 0 Å². The number of nitrogens with one attached hydrogen (secondary N) is 2. The van der Waals surface area contributed by atoms with Crippen LogP contribution in [0.2, 0.25) is 0 Å². The van der Waals surface area contributed by atoms with E-state index < -0.39 is 0 Å². The zero-order valence-corrected chi connectivity index (χ0v) is 31.4. The van der Waals surface area contributed by atoms with E-state index in [9.17, 15) is 0 Å². The Bertz CT molecular complexity index is 3120. The van der Waals surface area contributed by atoms with Gasteiger partial charge in [-0.3, -0.25) is 4.98 Å². The molecule has 5 heterocycles. The van der Waals surface area contributed by atoms with E-state index in [4.69, 9.17) is 14.4 Å². The average Bonchev–Trinajstić information content (AvgIpc) is 3.87. The molecule has 0 saturated heterocycles. The van der Waals surface area contributed by atoms with E-state index in [1.807, 2.05) is 24.4 Å². The molecule has 0 aliphatic carbocycles. The Kier molecular flexibility index (Phi) is 8.14. The van der Waals surface area contributed by atoms with Crippen molar-refractivity contribution in [1.82, 2.24) is 20.2 Å². The maximum atomic E-state index is 7.01. The predicted molar refractivity (Wildman–Crippen MR) is 236 cm³/mol. The van der Waals surface area contributed by atoms with Gasteiger partial charge in [0.05, 0.1) is 16.4 Å². The minimum Gasteiger partial charge on any atom is -0.455 e. The van der Waals surface area contributed by atoms with Gasteiger partial charge in [0, 0.05) is 57.7 Å². The van der Waals surface area contributed by atoms with Crippen molar-refractivity contribution in [3.8, 4) is 28.1 Å². The molecule has 7 nitrogen and oxygen atoms in total. The van der Waals surface area contributed by atoms with Gasteiger partial charge in [0.2, 0.25) is 0 Å². The first kappa shape index (κ1) is 33.6. The van der Waals surface area contributed by atoms with Crippen molar-refractivity contribution in [2.45, 2.75) is 6.17 Å². The lowest BCUT2D eigenvalue weighted by Crippen LogP contribution is -2.33. The predicted octanol–water partition coefficient (Wildman–Crippen LogP) is 11.3. The van der Waals surface area contributed by atoms with Gasteiger partial charge in [0.25, 0.3) is 0 Å². The molecule has 9 aromatic rings. The number of pyridine rings is 1. The van der Waals surface area contributed by atoms with E-state index >= 15 is 0 Å². The van der Waals surface area contributed by atoms with Crippen LogP contribution in [-0.4, -0.2) is 27.8 Å². The first-order valence-corrected chi connectivity index (χ1v) is 19.5. The van der Waals surface area contributed by atoms with Crippen molar-refractivity contribution in [2.75, 3.05) is 6.54 Å². The van der Waals surface area contributed by atoms with Crippen LogP contribution in [-0.2, 0) is 0 Å². The molecule has 58 heavy (non-hydrogen) atoms. The number of allylic oxidation sites excluding steroid dienone is 2. The molecule has 0 bridgehead atoms. The Hall–Kier alpha value is -7.77. The smallest absolute Gasteiger partial charge is 0.159 e. The lowest BCUT2D eigenvalue weighted by atomic mass is 9.98. The molecular formula is C51H36N6O. The summed E-state index contributed by atoms with van der Waals surface area (Å²) in [7, 11) is 0. The molecule has 0 saturated carbocycles. The van der Waals surface area contributed by atoms with Crippen LogP contribution < -0.4 is 10.6 Å². The zero-order chi connectivity index (χ0) is 38.4. The number of hydrogen-bond donors (Lipinski definition) is 2. The van der Waals surface area contributed by atoms with Gasteiger partial charge >= 0.3 is 0 Å². The van der Waals surface area contributed by atoms with Crippen molar-refractivity contribution in [3.63, 3.8) is 0 Å². The fraction of sp³-hybridized carbons (Fsp3) is 0.0392. The topological polar surface area (TPSA) is 79.7 Å². The maximum absolute atomic E-state index is 7.01. The van der Waals surface area contributed by atoms with Gasteiger partial charge in [-0.05, 0) is 77.0 Å². The molecule has 276 valence electrons. The third-order valence-corrected chi connectivity index (χ3v) is 11.0. The van der Waals surface area contributed by atoms with Gasteiger partial charge in [-0.2, -0.15) is 0 Å². The Morgan fingerprint density at radius 1 is 0.621 bits per heavy atom. The van der Waals surface area contributed by atoms with E-state index in [2.05, 4.69) is 172 Å². The first-order valence-electron chi connectivity index (χ1n) is 19.5. The summed E-state index contributed by atoms with van der Waals surface area (Å²) in [6.07, 6.45) is 9.52. The second kappa shape index (κ2) is 14.1.